The van der Waals surface area contributed by atoms with E-state index >= 15 is 0 Å². The summed E-state index contributed by atoms with van der Waals surface area (Å²) < 4.78 is 11.1. The number of benzene rings is 3. The second-order valence-corrected chi connectivity index (χ2v) is 6.38. The quantitative estimate of drug-likeness (QED) is 0.381. The van der Waals surface area contributed by atoms with Gasteiger partial charge in [0.1, 0.15) is 12.4 Å². The number of ether oxygens (including phenoxy) is 2. The molecular weight excluding hydrogens is 384 g/mol. The average molecular weight is 402 g/mol. The smallest absolute Gasteiger partial charge is 0.284 e. The molecule has 0 fully saturated rings. The minimum Gasteiger partial charge on any atom is -0.507 e. The number of hydrogen-bond donors (Lipinski definition) is 2. The first-order valence-electron chi connectivity index (χ1n) is 9.20. The van der Waals surface area contributed by atoms with Gasteiger partial charge in [-0.2, -0.15) is 15.3 Å². The molecule has 1 amide bonds. The molecule has 1 aliphatic heterocycles. The summed E-state index contributed by atoms with van der Waals surface area (Å²) in [6, 6.07) is 21.1. The van der Waals surface area contributed by atoms with E-state index in [4.69, 9.17) is 9.47 Å². The number of aromatic hydroxyl groups is 1. The van der Waals surface area contributed by atoms with Gasteiger partial charge in [-0.25, -0.2) is 5.43 Å². The molecule has 1 atom stereocenters. The van der Waals surface area contributed by atoms with Crippen molar-refractivity contribution in [2.75, 3.05) is 6.61 Å². The summed E-state index contributed by atoms with van der Waals surface area (Å²) in [6.07, 6.45) is 0.503. The number of rotatable bonds is 5. The predicted molar refractivity (Wildman–Crippen MR) is 111 cm³/mol. The van der Waals surface area contributed by atoms with Gasteiger partial charge >= 0.3 is 0 Å². The molecule has 3 aromatic rings. The number of hydrazone groups is 1. The zero-order valence-electron chi connectivity index (χ0n) is 15.8. The first-order chi connectivity index (χ1) is 14.7. The maximum absolute atomic E-state index is 12.3. The van der Waals surface area contributed by atoms with Crippen LogP contribution in [0.5, 0.6) is 17.2 Å². The fraction of sp³-hybridized carbons (Fsp3) is 0.0909. The third-order valence-electron chi connectivity index (χ3n) is 4.23. The molecule has 0 spiro atoms. The van der Waals surface area contributed by atoms with E-state index in [0.29, 0.717) is 28.4 Å². The van der Waals surface area contributed by atoms with Crippen LogP contribution in [0.2, 0.25) is 0 Å². The van der Waals surface area contributed by atoms with Crippen LogP contribution >= 0.6 is 0 Å². The zero-order chi connectivity index (χ0) is 20.8. The molecular formula is C22H18N4O4. The number of nitrogens with zero attached hydrogens (tertiary/aromatic N) is 3. The lowest BCUT2D eigenvalue weighted by Gasteiger charge is -2.24. The van der Waals surface area contributed by atoms with E-state index in [1.165, 1.54) is 12.3 Å². The number of carbonyl (C=O) groups excluding carboxylic acids is 1. The summed E-state index contributed by atoms with van der Waals surface area (Å²) in [5.74, 6) is 0.636. The van der Waals surface area contributed by atoms with Gasteiger partial charge in [0.15, 0.2) is 11.5 Å². The SMILES string of the molecule is O=C(N/N=C/c1cc(N=Nc2ccccc2)ccc1O)[C@@H]1COc2ccccc2O1. The van der Waals surface area contributed by atoms with Gasteiger partial charge in [-0.15, -0.1) is 0 Å². The van der Waals surface area contributed by atoms with Crippen LogP contribution in [-0.4, -0.2) is 29.9 Å². The monoisotopic (exact) mass is 402 g/mol. The molecule has 0 bridgehead atoms. The maximum Gasteiger partial charge on any atom is 0.284 e. The summed E-state index contributed by atoms with van der Waals surface area (Å²) in [7, 11) is 0. The second-order valence-electron chi connectivity index (χ2n) is 6.38. The average Bonchev–Trinajstić information content (AvgIpc) is 2.79. The molecule has 2 N–H and O–H groups in total. The summed E-state index contributed by atoms with van der Waals surface area (Å²) in [4.78, 5) is 12.3. The van der Waals surface area contributed by atoms with Crippen LogP contribution in [0.1, 0.15) is 5.56 Å². The van der Waals surface area contributed by atoms with Crippen molar-refractivity contribution in [1.82, 2.24) is 5.43 Å². The number of phenolic OH excluding ortho intramolecular Hbond substituents is 1. The van der Waals surface area contributed by atoms with Crippen molar-refractivity contribution in [3.05, 3.63) is 78.4 Å². The Balaban J connectivity index is 1.39. The first-order valence-corrected chi connectivity index (χ1v) is 9.20. The highest BCUT2D eigenvalue weighted by molar-refractivity contribution is 5.87. The molecule has 1 heterocycles. The molecule has 1 aliphatic rings. The maximum atomic E-state index is 12.3. The number of phenols is 1. The van der Waals surface area contributed by atoms with Crippen LogP contribution in [0, 0.1) is 0 Å². The van der Waals surface area contributed by atoms with Gasteiger partial charge in [-0.1, -0.05) is 30.3 Å². The lowest BCUT2D eigenvalue weighted by Crippen LogP contribution is -2.42. The largest absolute Gasteiger partial charge is 0.507 e. The zero-order valence-corrected chi connectivity index (χ0v) is 15.8. The van der Waals surface area contributed by atoms with Crippen LogP contribution in [0.25, 0.3) is 0 Å². The van der Waals surface area contributed by atoms with Gasteiger partial charge in [0.2, 0.25) is 6.10 Å². The van der Waals surface area contributed by atoms with Crippen LogP contribution in [0.3, 0.4) is 0 Å². The molecule has 0 radical (unpaired) electrons. The number of amides is 1. The number of hydrogen-bond acceptors (Lipinski definition) is 7. The normalized spacial score (nSPS) is 15.4. The molecule has 30 heavy (non-hydrogen) atoms. The second kappa shape index (κ2) is 8.87. The number of fused-ring (bicyclic) bond motifs is 1. The van der Waals surface area contributed by atoms with E-state index in [0.717, 1.165) is 0 Å². The van der Waals surface area contributed by atoms with E-state index in [9.17, 15) is 9.90 Å². The van der Waals surface area contributed by atoms with E-state index in [-0.39, 0.29) is 12.4 Å². The molecule has 8 heteroatoms. The Morgan fingerprint density at radius 1 is 0.967 bits per heavy atom. The number of carbonyl (C=O) groups is 1. The van der Waals surface area contributed by atoms with Gasteiger partial charge in [0.05, 0.1) is 17.6 Å². The van der Waals surface area contributed by atoms with Crippen molar-refractivity contribution < 1.29 is 19.4 Å². The minimum atomic E-state index is -0.823. The lowest BCUT2D eigenvalue weighted by atomic mass is 10.2. The van der Waals surface area contributed by atoms with E-state index < -0.39 is 12.0 Å². The van der Waals surface area contributed by atoms with E-state index in [1.54, 1.807) is 30.3 Å². The van der Waals surface area contributed by atoms with Crippen LogP contribution < -0.4 is 14.9 Å². The third-order valence-corrected chi connectivity index (χ3v) is 4.23. The van der Waals surface area contributed by atoms with E-state index in [1.807, 2.05) is 36.4 Å². The molecule has 0 saturated heterocycles. The molecule has 0 aliphatic carbocycles. The van der Waals surface area contributed by atoms with Crippen LogP contribution in [-0.2, 0) is 4.79 Å². The summed E-state index contributed by atoms with van der Waals surface area (Å²) in [6.45, 7) is 0.0823. The van der Waals surface area contributed by atoms with Crippen molar-refractivity contribution in [2.45, 2.75) is 6.10 Å². The molecule has 8 nitrogen and oxygen atoms in total. The van der Waals surface area contributed by atoms with Crippen LogP contribution in [0.4, 0.5) is 11.4 Å². The Labute approximate surface area is 172 Å². The number of azo groups is 1. The summed E-state index contributed by atoms with van der Waals surface area (Å²) in [5.41, 5.74) is 4.02. The Morgan fingerprint density at radius 2 is 1.70 bits per heavy atom. The third kappa shape index (κ3) is 4.61. The van der Waals surface area contributed by atoms with Gasteiger partial charge in [0.25, 0.3) is 5.91 Å². The predicted octanol–water partition coefficient (Wildman–Crippen LogP) is 4.10. The van der Waals surface area contributed by atoms with Crippen molar-refractivity contribution in [3.63, 3.8) is 0 Å². The molecule has 3 aromatic carbocycles. The first kappa shape index (κ1) is 19.1. The molecule has 0 saturated carbocycles. The van der Waals surface area contributed by atoms with Crippen molar-refractivity contribution in [1.29, 1.82) is 0 Å². The van der Waals surface area contributed by atoms with Crippen LogP contribution in [0.15, 0.2) is 88.1 Å². The van der Waals surface area contributed by atoms with Crippen molar-refractivity contribution in [3.8, 4) is 17.2 Å². The number of para-hydroxylation sites is 2. The topological polar surface area (TPSA) is 105 Å². The van der Waals surface area contributed by atoms with Crippen molar-refractivity contribution in [2.24, 2.45) is 15.3 Å². The Bertz CT molecular complexity index is 1100. The Kier molecular flexibility index (Phi) is 5.66. The van der Waals surface area contributed by atoms with Gasteiger partial charge in [-0.3, -0.25) is 4.79 Å². The lowest BCUT2D eigenvalue weighted by molar-refractivity contribution is -0.130. The Morgan fingerprint density at radius 3 is 2.53 bits per heavy atom. The fourth-order valence-corrected chi connectivity index (χ4v) is 2.70. The Hall–Kier alpha value is -4.20. The minimum absolute atomic E-state index is 0.00200. The van der Waals surface area contributed by atoms with Crippen molar-refractivity contribution >= 4 is 23.5 Å². The van der Waals surface area contributed by atoms with Gasteiger partial charge in [0, 0.05) is 5.56 Å². The highest BCUT2D eigenvalue weighted by Gasteiger charge is 2.26. The summed E-state index contributed by atoms with van der Waals surface area (Å²) >= 11 is 0. The van der Waals surface area contributed by atoms with Gasteiger partial charge in [-0.05, 0) is 42.5 Å². The van der Waals surface area contributed by atoms with Gasteiger partial charge < -0.3 is 14.6 Å². The highest BCUT2D eigenvalue weighted by Crippen LogP contribution is 2.30. The highest BCUT2D eigenvalue weighted by atomic mass is 16.6. The number of nitrogens with one attached hydrogen (secondary N) is 1. The molecule has 4 rings (SSSR count). The molecule has 0 aromatic heterocycles. The van der Waals surface area contributed by atoms with E-state index in [2.05, 4.69) is 20.8 Å². The molecule has 0 unspecified atom stereocenters. The standard InChI is InChI=1S/C22H18N4O4/c27-18-11-10-17(25-24-16-6-2-1-3-7-16)12-15(18)13-23-26-22(28)21-14-29-19-8-4-5-9-20(19)30-21/h1-13,21,27H,14H2,(H,26,28)/b23-13+,25-24?/t21-/m0/s1. The fourth-order valence-electron chi connectivity index (χ4n) is 2.70. The molecule has 150 valence electrons. The summed E-state index contributed by atoms with van der Waals surface area (Å²) in [5, 5.41) is 22.2.